The maximum Gasteiger partial charge on any atom is 0.335 e. The van der Waals surface area contributed by atoms with Gasteiger partial charge in [-0.2, -0.15) is 0 Å². The Bertz CT molecular complexity index is 521. The van der Waals surface area contributed by atoms with Gasteiger partial charge in [0, 0.05) is 0 Å². The number of unbranched alkanes of at least 4 members (excludes halogenated alkanes) is 1. The maximum absolute atomic E-state index is 12.5. The molecule has 0 bridgehead atoms. The van der Waals surface area contributed by atoms with Gasteiger partial charge in [-0.1, -0.05) is 44.2 Å². The summed E-state index contributed by atoms with van der Waals surface area (Å²) in [6.45, 7) is 9.91. The fraction of sp³-hybridized carbons (Fsp3) is 0.476. The van der Waals surface area contributed by atoms with Gasteiger partial charge in [-0.05, 0) is 43.4 Å². The van der Waals surface area contributed by atoms with Gasteiger partial charge in [0.15, 0.2) is 6.10 Å². The highest BCUT2D eigenvalue weighted by atomic mass is 16.6. The molecule has 0 radical (unpaired) electrons. The van der Waals surface area contributed by atoms with Crippen LogP contribution in [0.5, 0.6) is 5.75 Å². The molecule has 1 aromatic rings. The van der Waals surface area contributed by atoms with Crippen LogP contribution in [0.4, 0.5) is 0 Å². The molecule has 0 amide bonds. The Morgan fingerprint density at radius 3 is 2.48 bits per heavy atom. The second-order valence-electron chi connectivity index (χ2n) is 5.87. The van der Waals surface area contributed by atoms with Crippen molar-refractivity contribution in [3.05, 3.63) is 55.1 Å². The molecule has 1 unspecified atom stereocenters. The second-order valence-corrected chi connectivity index (χ2v) is 5.87. The smallest absolute Gasteiger partial charge is 0.335 e. The van der Waals surface area contributed by atoms with Crippen LogP contribution in [0, 0.1) is 0 Å². The molecule has 1 rings (SSSR count). The highest BCUT2D eigenvalue weighted by Crippen LogP contribution is 2.16. The zero-order chi connectivity index (χ0) is 18.5. The van der Waals surface area contributed by atoms with Crippen LogP contribution in [-0.4, -0.2) is 25.3 Å². The minimum absolute atomic E-state index is 0.261. The summed E-state index contributed by atoms with van der Waals surface area (Å²) in [5, 5.41) is 0. The van der Waals surface area contributed by atoms with E-state index in [1.807, 2.05) is 24.3 Å². The summed E-state index contributed by atoms with van der Waals surface area (Å²) in [6, 6.07) is 7.58. The third-order valence-corrected chi connectivity index (χ3v) is 3.88. The highest BCUT2D eigenvalue weighted by molar-refractivity contribution is 5.75. The van der Waals surface area contributed by atoms with Crippen LogP contribution < -0.4 is 4.74 Å². The lowest BCUT2D eigenvalue weighted by atomic mass is 10.1. The van der Waals surface area contributed by atoms with E-state index in [0.717, 1.165) is 30.6 Å². The monoisotopic (exact) mass is 347 g/mol. The second kappa shape index (κ2) is 12.3. The maximum atomic E-state index is 12.5. The Hall–Kier alpha value is -2.07. The number of allylic oxidation sites excluding steroid dienone is 1. The minimum Gasteiger partial charge on any atom is -0.497 e. The van der Waals surface area contributed by atoms with E-state index in [1.165, 1.54) is 0 Å². The molecule has 138 valence electrons. The molecule has 0 aliphatic carbocycles. The summed E-state index contributed by atoms with van der Waals surface area (Å²) in [5.41, 5.74) is 0.975. The number of hydrogen-bond donors (Lipinski definition) is 0. The number of carbonyl (C=O) groups excluding carboxylic acids is 1. The first-order valence-corrected chi connectivity index (χ1v) is 8.83. The van der Waals surface area contributed by atoms with Crippen molar-refractivity contribution in [3.63, 3.8) is 0 Å². The van der Waals surface area contributed by atoms with E-state index in [1.54, 1.807) is 19.3 Å². The molecule has 1 aromatic carbocycles. The van der Waals surface area contributed by atoms with Crippen molar-refractivity contribution in [2.75, 3.05) is 7.11 Å². The van der Waals surface area contributed by atoms with Crippen LogP contribution in [0.2, 0.25) is 0 Å². The van der Waals surface area contributed by atoms with Crippen molar-refractivity contribution < 1.29 is 19.0 Å². The van der Waals surface area contributed by atoms with Crippen molar-refractivity contribution in [1.82, 2.24) is 0 Å². The molecule has 0 aliphatic heterocycles. The van der Waals surface area contributed by atoms with Crippen molar-refractivity contribution in [3.8, 4) is 5.75 Å². The van der Waals surface area contributed by atoms with Crippen LogP contribution >= 0.6 is 0 Å². The van der Waals surface area contributed by atoms with E-state index >= 15 is 0 Å². The summed E-state index contributed by atoms with van der Waals surface area (Å²) in [6.07, 6.45) is 6.67. The quantitative estimate of drug-likeness (QED) is 0.291. The number of benzene rings is 1. The van der Waals surface area contributed by atoms with Gasteiger partial charge in [0.05, 0.1) is 13.7 Å². The average molecular weight is 347 g/mol. The van der Waals surface area contributed by atoms with Crippen molar-refractivity contribution in [2.24, 2.45) is 0 Å². The van der Waals surface area contributed by atoms with Gasteiger partial charge in [-0.25, -0.2) is 4.79 Å². The molecule has 2 atom stereocenters. The van der Waals surface area contributed by atoms with E-state index in [9.17, 15) is 4.79 Å². The molecule has 0 aromatic heterocycles. The first-order valence-electron chi connectivity index (χ1n) is 8.83. The third kappa shape index (κ3) is 8.03. The summed E-state index contributed by atoms with van der Waals surface area (Å²) in [4.78, 5) is 12.5. The van der Waals surface area contributed by atoms with Crippen LogP contribution in [0.15, 0.2) is 49.6 Å². The number of esters is 1. The number of rotatable bonds is 13. The molecule has 0 spiro atoms. The van der Waals surface area contributed by atoms with Gasteiger partial charge >= 0.3 is 5.97 Å². The largest absolute Gasteiger partial charge is 0.497 e. The topological polar surface area (TPSA) is 44.8 Å². The highest BCUT2D eigenvalue weighted by Gasteiger charge is 2.22. The Morgan fingerprint density at radius 1 is 1.20 bits per heavy atom. The van der Waals surface area contributed by atoms with Gasteiger partial charge in [0.1, 0.15) is 11.9 Å². The Labute approximate surface area is 151 Å². The fourth-order valence-electron chi connectivity index (χ4n) is 2.31. The zero-order valence-electron chi connectivity index (χ0n) is 15.4. The predicted molar refractivity (Wildman–Crippen MR) is 101 cm³/mol. The first kappa shape index (κ1) is 21.0. The fourth-order valence-corrected chi connectivity index (χ4v) is 2.31. The Balaban J connectivity index is 2.62. The molecule has 4 heteroatoms. The van der Waals surface area contributed by atoms with Crippen LogP contribution in [0.3, 0.4) is 0 Å². The third-order valence-electron chi connectivity index (χ3n) is 3.88. The lowest BCUT2D eigenvalue weighted by Crippen LogP contribution is -2.29. The van der Waals surface area contributed by atoms with E-state index in [-0.39, 0.29) is 12.1 Å². The van der Waals surface area contributed by atoms with Crippen LogP contribution in [-0.2, 0) is 20.9 Å². The lowest BCUT2D eigenvalue weighted by Gasteiger charge is -2.20. The normalized spacial score (nSPS) is 12.9. The molecule has 0 aliphatic rings. The van der Waals surface area contributed by atoms with E-state index in [0.29, 0.717) is 19.4 Å². The van der Waals surface area contributed by atoms with Crippen LogP contribution in [0.25, 0.3) is 0 Å². The van der Waals surface area contributed by atoms with E-state index < -0.39 is 6.10 Å². The molecule has 0 saturated carbocycles. The summed E-state index contributed by atoms with van der Waals surface area (Å²) in [7, 11) is 1.63. The zero-order valence-corrected chi connectivity index (χ0v) is 15.4. The van der Waals surface area contributed by atoms with E-state index in [2.05, 4.69) is 20.1 Å². The lowest BCUT2D eigenvalue weighted by molar-refractivity contribution is -0.162. The average Bonchev–Trinajstić information content (AvgIpc) is 2.65. The molecule has 0 fully saturated rings. The van der Waals surface area contributed by atoms with Gasteiger partial charge < -0.3 is 14.2 Å². The van der Waals surface area contributed by atoms with E-state index in [4.69, 9.17) is 14.2 Å². The first-order chi connectivity index (χ1) is 12.1. The summed E-state index contributed by atoms with van der Waals surface area (Å²) in [5.74, 6) is 0.451. The van der Waals surface area contributed by atoms with Crippen molar-refractivity contribution in [1.29, 1.82) is 0 Å². The predicted octanol–water partition coefficient (Wildman–Crippen LogP) is 4.83. The van der Waals surface area contributed by atoms with Gasteiger partial charge in [-0.15, -0.1) is 6.58 Å². The molecule has 0 heterocycles. The molecule has 0 N–H and O–H groups in total. The Kier molecular flexibility index (Phi) is 10.3. The number of carbonyl (C=O) groups is 1. The number of ether oxygens (including phenoxy) is 3. The number of hydrogen-bond acceptors (Lipinski definition) is 4. The number of methoxy groups -OCH3 is 1. The molecular formula is C21H30O4. The summed E-state index contributed by atoms with van der Waals surface area (Å²) < 4.78 is 16.5. The molecular weight excluding hydrogens is 317 g/mol. The van der Waals surface area contributed by atoms with Crippen LogP contribution in [0.1, 0.15) is 44.6 Å². The SMILES string of the molecule is C=CCC[13CH](OCc1ccc(OC)cc1)C(=O)O[C@@H](C=C)CCCC. The van der Waals surface area contributed by atoms with Gasteiger partial charge in [-0.3, -0.25) is 0 Å². The Morgan fingerprint density at radius 2 is 1.92 bits per heavy atom. The molecule has 4 nitrogen and oxygen atoms in total. The molecule has 25 heavy (non-hydrogen) atoms. The van der Waals surface area contributed by atoms with Gasteiger partial charge in [0.25, 0.3) is 0 Å². The van der Waals surface area contributed by atoms with Crippen molar-refractivity contribution in [2.45, 2.75) is 57.8 Å². The standard InChI is InChI=1S/C21H30O4/c1-5-8-10-18(7-3)25-21(22)20(11-9-6-2)24-16-17-12-14-19(23-4)15-13-17/h6-7,12-15,18,20H,2-3,5,8-11,16H2,1,4H3/t18-,20?/m0/s1/i20+1. The van der Waals surface area contributed by atoms with Gasteiger partial charge in [0.2, 0.25) is 0 Å². The molecule has 0 saturated heterocycles. The minimum atomic E-state index is -0.607. The van der Waals surface area contributed by atoms with Crippen molar-refractivity contribution >= 4 is 5.97 Å². The summed E-state index contributed by atoms with van der Waals surface area (Å²) >= 11 is 0.